The first-order valence-corrected chi connectivity index (χ1v) is 10.3. The molecule has 1 aliphatic rings. The van der Waals surface area contributed by atoms with Crippen LogP contribution in [0.5, 0.6) is 0 Å². The van der Waals surface area contributed by atoms with Crippen LogP contribution in [-0.2, 0) is 11.3 Å². The van der Waals surface area contributed by atoms with Gasteiger partial charge in [0, 0.05) is 12.5 Å². The lowest BCUT2D eigenvalue weighted by Gasteiger charge is -2.31. The molecule has 2 aromatic carbocycles. The van der Waals surface area contributed by atoms with E-state index < -0.39 is 0 Å². The third-order valence-electron chi connectivity index (χ3n) is 4.62. The molecule has 3 nitrogen and oxygen atoms in total. The average Bonchev–Trinajstić information content (AvgIpc) is 2.63. The number of anilines is 1. The van der Waals surface area contributed by atoms with Crippen LogP contribution < -0.4 is 5.32 Å². The highest BCUT2D eigenvalue weighted by atomic mass is 35.5. The van der Waals surface area contributed by atoms with Crippen molar-refractivity contribution in [3.8, 4) is 0 Å². The molecule has 0 saturated carbocycles. The van der Waals surface area contributed by atoms with Crippen LogP contribution in [0.1, 0.15) is 18.4 Å². The number of hydrogen-bond donors (Lipinski definition) is 1. The largest absolute Gasteiger partial charge is 0.324 e. The first-order chi connectivity index (χ1) is 12.8. The molecule has 1 aliphatic heterocycles. The molecular formula is C19H17Cl5N2O. The number of halogens is 5. The summed E-state index contributed by atoms with van der Waals surface area (Å²) in [5.41, 5.74) is 1.59. The summed E-state index contributed by atoms with van der Waals surface area (Å²) in [6.07, 6.45) is 1.54. The second-order valence-corrected chi connectivity index (χ2v) is 8.57. The molecule has 0 atom stereocenters. The lowest BCUT2D eigenvalue weighted by Crippen LogP contribution is -2.37. The molecule has 1 saturated heterocycles. The van der Waals surface area contributed by atoms with Gasteiger partial charge < -0.3 is 5.32 Å². The van der Waals surface area contributed by atoms with E-state index in [9.17, 15) is 4.79 Å². The Balaban J connectivity index is 1.55. The normalized spacial score (nSPS) is 15.7. The van der Waals surface area contributed by atoms with E-state index >= 15 is 0 Å². The van der Waals surface area contributed by atoms with E-state index in [-0.39, 0.29) is 11.8 Å². The van der Waals surface area contributed by atoms with Gasteiger partial charge in [0.1, 0.15) is 0 Å². The van der Waals surface area contributed by atoms with E-state index in [4.69, 9.17) is 58.0 Å². The second kappa shape index (κ2) is 9.21. The van der Waals surface area contributed by atoms with Gasteiger partial charge in [-0.2, -0.15) is 0 Å². The third-order valence-corrected chi connectivity index (χ3v) is 6.39. The van der Waals surface area contributed by atoms with Crippen LogP contribution in [-0.4, -0.2) is 23.9 Å². The molecule has 0 aliphatic carbocycles. The zero-order valence-corrected chi connectivity index (χ0v) is 18.0. The first kappa shape index (κ1) is 21.0. The van der Waals surface area contributed by atoms with E-state index in [2.05, 4.69) is 10.2 Å². The highest BCUT2D eigenvalue weighted by Gasteiger charge is 2.25. The van der Waals surface area contributed by atoms with E-state index in [1.54, 1.807) is 12.1 Å². The van der Waals surface area contributed by atoms with Gasteiger partial charge in [-0.3, -0.25) is 9.69 Å². The molecule has 1 fully saturated rings. The highest BCUT2D eigenvalue weighted by molar-refractivity contribution is 6.44. The number of benzene rings is 2. The molecule has 3 rings (SSSR count). The topological polar surface area (TPSA) is 32.3 Å². The maximum absolute atomic E-state index is 12.6. The number of amides is 1. The van der Waals surface area contributed by atoms with Crippen molar-refractivity contribution in [2.24, 2.45) is 5.92 Å². The van der Waals surface area contributed by atoms with Gasteiger partial charge >= 0.3 is 0 Å². The number of carbonyl (C=O) groups excluding carboxylic acids is 1. The summed E-state index contributed by atoms with van der Waals surface area (Å²) >= 11 is 30.1. The molecule has 0 radical (unpaired) electrons. The summed E-state index contributed by atoms with van der Waals surface area (Å²) in [7, 11) is 0. The van der Waals surface area contributed by atoms with Gasteiger partial charge in [0.05, 0.1) is 30.8 Å². The van der Waals surface area contributed by atoms with E-state index in [1.807, 2.05) is 12.1 Å². The van der Waals surface area contributed by atoms with Crippen molar-refractivity contribution < 1.29 is 4.79 Å². The fourth-order valence-corrected chi connectivity index (χ4v) is 4.02. The van der Waals surface area contributed by atoms with Crippen molar-refractivity contribution in [1.29, 1.82) is 0 Å². The van der Waals surface area contributed by atoms with Crippen LogP contribution in [0, 0.1) is 5.92 Å². The Labute approximate surface area is 183 Å². The average molecular weight is 467 g/mol. The molecule has 8 heteroatoms. The van der Waals surface area contributed by atoms with Crippen molar-refractivity contribution in [3.63, 3.8) is 0 Å². The van der Waals surface area contributed by atoms with Gasteiger partial charge in [0.15, 0.2) is 0 Å². The number of carbonyl (C=O) groups is 1. The predicted molar refractivity (Wildman–Crippen MR) is 115 cm³/mol. The van der Waals surface area contributed by atoms with Gasteiger partial charge in [-0.25, -0.2) is 0 Å². The van der Waals surface area contributed by atoms with Crippen molar-refractivity contribution in [2.45, 2.75) is 19.4 Å². The molecule has 0 unspecified atom stereocenters. The van der Waals surface area contributed by atoms with E-state index in [1.165, 1.54) is 6.07 Å². The lowest BCUT2D eigenvalue weighted by molar-refractivity contribution is -0.121. The minimum absolute atomic E-state index is 0.0514. The zero-order chi connectivity index (χ0) is 19.6. The quantitative estimate of drug-likeness (QED) is 0.502. The van der Waals surface area contributed by atoms with Gasteiger partial charge in [0.25, 0.3) is 0 Å². The second-order valence-electron chi connectivity index (χ2n) is 6.53. The van der Waals surface area contributed by atoms with Crippen molar-refractivity contribution in [3.05, 3.63) is 61.0 Å². The summed E-state index contributed by atoms with van der Waals surface area (Å²) in [6, 6.07) is 8.76. The Morgan fingerprint density at radius 1 is 0.889 bits per heavy atom. The Bertz CT molecular complexity index is 850. The van der Waals surface area contributed by atoms with Crippen molar-refractivity contribution in [2.75, 3.05) is 18.4 Å². The monoisotopic (exact) mass is 464 g/mol. The number of piperidine rings is 1. The Hall–Kier alpha value is -0.680. The molecule has 27 heavy (non-hydrogen) atoms. The lowest BCUT2D eigenvalue weighted by atomic mass is 9.95. The molecule has 2 aromatic rings. The molecule has 1 heterocycles. The summed E-state index contributed by atoms with van der Waals surface area (Å²) in [5.74, 6) is -0.120. The summed E-state index contributed by atoms with van der Waals surface area (Å²) in [4.78, 5) is 14.9. The van der Waals surface area contributed by atoms with Crippen molar-refractivity contribution in [1.82, 2.24) is 4.90 Å². The number of nitrogens with one attached hydrogen (secondary N) is 1. The summed E-state index contributed by atoms with van der Waals surface area (Å²) < 4.78 is 0. The molecule has 144 valence electrons. The molecule has 0 bridgehead atoms. The fraction of sp³-hybridized carbons (Fsp3) is 0.316. The van der Waals surface area contributed by atoms with Gasteiger partial charge in [-0.1, -0.05) is 64.1 Å². The molecular weight excluding hydrogens is 449 g/mol. The fourth-order valence-electron chi connectivity index (χ4n) is 3.10. The van der Waals surface area contributed by atoms with Crippen LogP contribution in [0.25, 0.3) is 0 Å². The highest BCUT2D eigenvalue weighted by Crippen LogP contribution is 2.33. The molecule has 0 aromatic heterocycles. The van der Waals surface area contributed by atoms with Crippen LogP contribution in [0.2, 0.25) is 25.1 Å². The molecule has 1 N–H and O–H groups in total. The Morgan fingerprint density at radius 2 is 1.52 bits per heavy atom. The Kier molecular flexibility index (Phi) is 7.18. The van der Waals surface area contributed by atoms with E-state index in [0.717, 1.165) is 38.0 Å². The summed E-state index contributed by atoms with van der Waals surface area (Å²) in [5, 5.41) is 5.05. The zero-order valence-electron chi connectivity index (χ0n) is 14.2. The van der Waals surface area contributed by atoms with Crippen LogP contribution in [0.3, 0.4) is 0 Å². The van der Waals surface area contributed by atoms with E-state index in [0.29, 0.717) is 30.8 Å². The number of hydrogen-bond acceptors (Lipinski definition) is 2. The molecule has 1 amide bonds. The standard InChI is InChI=1S/C19H17Cl5N2O/c20-13-2-1-11(7-14(13)21)10-26-5-3-12(4-6-26)19(27)25-18-9-16(23)15(22)8-17(18)24/h1-2,7-9,12H,3-6,10H2,(H,25,27). The minimum atomic E-state index is -0.0689. The number of rotatable bonds is 4. The van der Waals surface area contributed by atoms with Crippen LogP contribution in [0.15, 0.2) is 30.3 Å². The first-order valence-electron chi connectivity index (χ1n) is 8.45. The SMILES string of the molecule is O=C(Nc1cc(Cl)c(Cl)cc1Cl)C1CCN(Cc2ccc(Cl)c(Cl)c2)CC1. The molecule has 0 spiro atoms. The van der Waals surface area contributed by atoms with Crippen LogP contribution >= 0.6 is 58.0 Å². The Morgan fingerprint density at radius 3 is 2.19 bits per heavy atom. The summed E-state index contributed by atoms with van der Waals surface area (Å²) in [6.45, 7) is 2.44. The minimum Gasteiger partial charge on any atom is -0.324 e. The predicted octanol–water partition coefficient (Wildman–Crippen LogP) is 6.80. The van der Waals surface area contributed by atoms with Gasteiger partial charge in [0.2, 0.25) is 5.91 Å². The van der Waals surface area contributed by atoms with Crippen molar-refractivity contribution >= 4 is 69.6 Å². The van der Waals surface area contributed by atoms with Crippen LogP contribution in [0.4, 0.5) is 5.69 Å². The third kappa shape index (κ3) is 5.44. The maximum Gasteiger partial charge on any atom is 0.227 e. The van der Waals surface area contributed by atoms with Gasteiger partial charge in [-0.15, -0.1) is 0 Å². The number of likely N-dealkylation sites (tertiary alicyclic amines) is 1. The maximum atomic E-state index is 12.6. The number of nitrogens with zero attached hydrogens (tertiary/aromatic N) is 1. The van der Waals surface area contributed by atoms with Gasteiger partial charge in [-0.05, 0) is 55.8 Å². The smallest absolute Gasteiger partial charge is 0.227 e.